The van der Waals surface area contributed by atoms with Gasteiger partial charge in [-0.3, -0.25) is 13.8 Å². The minimum Gasteiger partial charge on any atom is -0.457 e. The maximum absolute atomic E-state index is 12.9. The van der Waals surface area contributed by atoms with Crippen molar-refractivity contribution in [1.29, 1.82) is 0 Å². The average Bonchev–Trinajstić information content (AvgIpc) is 3.34. The summed E-state index contributed by atoms with van der Waals surface area (Å²) in [6.45, 7) is 4.32. The third-order valence-corrected chi connectivity index (χ3v) is 14.9. The number of hydrogen-bond acceptors (Lipinski definition) is 11. The lowest BCUT2D eigenvalue weighted by atomic mass is 9.85. The van der Waals surface area contributed by atoms with Crippen LogP contribution >= 0.6 is 7.82 Å². The molecule has 0 radical (unpaired) electrons. The molecule has 12 nitrogen and oxygen atoms in total. The number of aliphatic hydroxyl groups excluding tert-OH is 5. The summed E-state index contributed by atoms with van der Waals surface area (Å²) in [5.74, 6) is -0.470. The van der Waals surface area contributed by atoms with Gasteiger partial charge in [0.15, 0.2) is 0 Å². The number of phosphoric ester groups is 1. The van der Waals surface area contributed by atoms with Crippen molar-refractivity contribution in [3.05, 3.63) is 12.2 Å². The van der Waals surface area contributed by atoms with Crippen LogP contribution in [-0.2, 0) is 27.9 Å². The molecule has 1 saturated carbocycles. The standard InChI is InChI=1S/C56H109O12P/c1-3-5-7-9-11-13-15-17-19-21-23-25-26-28-30-32-34-36-38-40-42-44-46-65-47-49(48-66-69(63,64)68-56-54(61)52(59)51(58)53(60)55(56)62)67-50(57)45-43-41-39-37-35-33-31-29-27-24-22-20-18-16-14-12-10-8-6-4-2/h21,23,49,51-56,58-62H,3-20,22,24-48H2,1-2H3,(H,63,64)/b23-21-. The molecule has 0 bridgehead atoms. The molecule has 0 aromatic heterocycles. The molecular formula is C56H109O12P. The van der Waals surface area contributed by atoms with E-state index >= 15 is 0 Å². The van der Waals surface area contributed by atoms with Gasteiger partial charge in [0.05, 0.1) is 13.2 Å². The van der Waals surface area contributed by atoms with Crippen LogP contribution in [0.2, 0.25) is 0 Å². The van der Waals surface area contributed by atoms with E-state index in [4.69, 9.17) is 18.5 Å². The zero-order valence-electron chi connectivity index (χ0n) is 44.4. The number of phosphoric acid groups is 1. The number of ether oxygens (including phenoxy) is 2. The number of rotatable bonds is 51. The van der Waals surface area contributed by atoms with E-state index in [0.717, 1.165) is 38.5 Å². The second-order valence-electron chi connectivity index (χ2n) is 20.5. The van der Waals surface area contributed by atoms with Gasteiger partial charge in [0.25, 0.3) is 0 Å². The summed E-state index contributed by atoms with van der Waals surface area (Å²) in [4.78, 5) is 23.3. The van der Waals surface area contributed by atoms with E-state index in [2.05, 4.69) is 26.0 Å². The molecule has 1 aliphatic carbocycles. The Hall–Kier alpha value is -0.920. The lowest BCUT2D eigenvalue weighted by Crippen LogP contribution is -2.64. The summed E-state index contributed by atoms with van der Waals surface area (Å²) in [6, 6.07) is 0. The number of carbonyl (C=O) groups excluding carboxylic acids is 1. The highest BCUT2D eigenvalue weighted by Crippen LogP contribution is 2.47. The molecule has 0 aromatic rings. The van der Waals surface area contributed by atoms with Gasteiger partial charge in [0.2, 0.25) is 0 Å². The average molecular weight is 1010 g/mol. The summed E-state index contributed by atoms with van der Waals surface area (Å²) < 4.78 is 34.4. The van der Waals surface area contributed by atoms with Crippen molar-refractivity contribution in [3.63, 3.8) is 0 Å². The van der Waals surface area contributed by atoms with Crippen LogP contribution in [0.5, 0.6) is 0 Å². The molecule has 6 atom stereocenters. The van der Waals surface area contributed by atoms with Crippen molar-refractivity contribution in [3.8, 4) is 0 Å². The summed E-state index contributed by atoms with van der Waals surface area (Å²) in [5.41, 5.74) is 0. The van der Waals surface area contributed by atoms with Crippen LogP contribution in [0, 0.1) is 0 Å². The zero-order chi connectivity index (χ0) is 50.5. The van der Waals surface area contributed by atoms with Crippen LogP contribution in [0.15, 0.2) is 12.2 Å². The van der Waals surface area contributed by atoms with Gasteiger partial charge >= 0.3 is 13.8 Å². The SMILES string of the molecule is CCCCCCCCCC/C=C\CCCCCCCCCCCCOCC(COP(=O)(O)OC1C(O)C(O)C(O)C(O)C1O)OC(=O)CCCCCCCCCCCCCCCCCCCCCC. The van der Waals surface area contributed by atoms with Gasteiger partial charge in [-0.2, -0.15) is 0 Å². The second kappa shape index (κ2) is 46.8. The molecule has 0 heterocycles. The summed E-state index contributed by atoms with van der Waals surface area (Å²) in [6.07, 6.45) is 42.8. The molecule has 0 spiro atoms. The van der Waals surface area contributed by atoms with Gasteiger partial charge in [-0.25, -0.2) is 4.57 Å². The van der Waals surface area contributed by atoms with Crippen molar-refractivity contribution in [2.75, 3.05) is 19.8 Å². The van der Waals surface area contributed by atoms with Gasteiger partial charge in [-0.15, -0.1) is 0 Å². The smallest absolute Gasteiger partial charge is 0.457 e. The van der Waals surface area contributed by atoms with Crippen molar-refractivity contribution in [2.45, 2.75) is 320 Å². The molecule has 13 heteroatoms. The second-order valence-corrected chi connectivity index (χ2v) is 21.9. The highest BCUT2D eigenvalue weighted by Gasteiger charge is 2.51. The third-order valence-electron chi connectivity index (χ3n) is 13.9. The summed E-state index contributed by atoms with van der Waals surface area (Å²) in [5, 5.41) is 50.4. The minimum absolute atomic E-state index is 0.0711. The fraction of sp³-hybridized carbons (Fsp3) is 0.946. The lowest BCUT2D eigenvalue weighted by molar-refractivity contribution is -0.220. The van der Waals surface area contributed by atoms with E-state index in [1.54, 1.807) is 0 Å². The first-order chi connectivity index (χ1) is 33.5. The molecule has 0 amide bonds. The van der Waals surface area contributed by atoms with E-state index < -0.39 is 63.1 Å². The summed E-state index contributed by atoms with van der Waals surface area (Å²) >= 11 is 0. The molecule has 1 fully saturated rings. The number of carbonyl (C=O) groups is 1. The third kappa shape index (κ3) is 38.3. The van der Waals surface area contributed by atoms with Crippen LogP contribution in [0.3, 0.4) is 0 Å². The number of hydrogen-bond donors (Lipinski definition) is 6. The zero-order valence-corrected chi connectivity index (χ0v) is 45.3. The monoisotopic (exact) mass is 1000 g/mol. The van der Waals surface area contributed by atoms with E-state index in [1.165, 1.54) is 212 Å². The van der Waals surface area contributed by atoms with Crippen LogP contribution < -0.4 is 0 Å². The van der Waals surface area contributed by atoms with Crippen LogP contribution in [0.1, 0.15) is 277 Å². The first-order valence-corrected chi connectivity index (χ1v) is 30.5. The van der Waals surface area contributed by atoms with Crippen molar-refractivity contribution >= 4 is 13.8 Å². The fourth-order valence-electron chi connectivity index (χ4n) is 9.30. The molecular weight excluding hydrogens is 896 g/mol. The largest absolute Gasteiger partial charge is 0.472 e. The van der Waals surface area contributed by atoms with E-state index in [9.17, 15) is 39.8 Å². The van der Waals surface area contributed by atoms with Gasteiger partial charge in [0, 0.05) is 13.0 Å². The first kappa shape index (κ1) is 66.1. The maximum Gasteiger partial charge on any atom is 0.472 e. The van der Waals surface area contributed by atoms with Gasteiger partial charge in [0.1, 0.15) is 42.7 Å². The van der Waals surface area contributed by atoms with E-state index in [1.807, 2.05) is 0 Å². The predicted molar refractivity (Wildman–Crippen MR) is 281 cm³/mol. The van der Waals surface area contributed by atoms with Crippen molar-refractivity contribution in [2.24, 2.45) is 0 Å². The minimum atomic E-state index is -5.02. The first-order valence-electron chi connectivity index (χ1n) is 29.0. The molecule has 0 aliphatic heterocycles. The summed E-state index contributed by atoms with van der Waals surface area (Å²) in [7, 11) is -5.02. The Morgan fingerprint density at radius 1 is 0.449 bits per heavy atom. The molecule has 0 saturated heterocycles. The molecule has 1 aliphatic rings. The number of allylic oxidation sites excluding steroid dienone is 2. The normalized spacial score (nSPS) is 21.0. The Morgan fingerprint density at radius 3 is 1.14 bits per heavy atom. The Kier molecular flexibility index (Phi) is 44.9. The van der Waals surface area contributed by atoms with Crippen molar-refractivity contribution in [1.82, 2.24) is 0 Å². The molecule has 69 heavy (non-hydrogen) atoms. The number of esters is 1. The van der Waals surface area contributed by atoms with Gasteiger partial charge in [-0.1, -0.05) is 244 Å². The number of unbranched alkanes of at least 4 members (excludes halogenated alkanes) is 37. The van der Waals surface area contributed by atoms with Crippen molar-refractivity contribution < 1.29 is 58.3 Å². The quantitative estimate of drug-likeness (QED) is 0.0146. The molecule has 0 aromatic carbocycles. The highest BCUT2D eigenvalue weighted by atomic mass is 31.2. The van der Waals surface area contributed by atoms with E-state index in [-0.39, 0.29) is 13.0 Å². The van der Waals surface area contributed by atoms with Crippen LogP contribution in [0.4, 0.5) is 0 Å². The Balaban J connectivity index is 2.27. The molecule has 410 valence electrons. The Bertz CT molecular complexity index is 1190. The Labute approximate surface area is 422 Å². The molecule has 1 rings (SSSR count). The van der Waals surface area contributed by atoms with E-state index in [0.29, 0.717) is 13.0 Å². The van der Waals surface area contributed by atoms with Gasteiger partial charge < -0.3 is 39.9 Å². The Morgan fingerprint density at radius 2 is 0.768 bits per heavy atom. The van der Waals surface area contributed by atoms with Crippen LogP contribution in [0.25, 0.3) is 0 Å². The fourth-order valence-corrected chi connectivity index (χ4v) is 10.3. The molecule has 6 unspecified atom stereocenters. The van der Waals surface area contributed by atoms with Gasteiger partial charge in [-0.05, 0) is 38.5 Å². The molecule has 6 N–H and O–H groups in total. The topological polar surface area (TPSA) is 192 Å². The number of aliphatic hydroxyl groups is 5. The highest BCUT2D eigenvalue weighted by molar-refractivity contribution is 7.47. The predicted octanol–water partition coefficient (Wildman–Crippen LogP) is 13.8. The maximum atomic E-state index is 12.9. The lowest BCUT2D eigenvalue weighted by Gasteiger charge is -2.41. The van der Waals surface area contributed by atoms with Crippen LogP contribution in [-0.4, -0.2) is 98.9 Å².